The molecule has 0 saturated carbocycles. The lowest BCUT2D eigenvalue weighted by Crippen LogP contribution is -2.52. The normalized spacial score (nSPS) is 29.4. The van der Waals surface area contributed by atoms with E-state index in [0.29, 0.717) is 6.04 Å². The smallest absolute Gasteiger partial charge is 0.0925 e. The molecule has 0 radical (unpaired) electrons. The minimum absolute atomic E-state index is 0.00370. The van der Waals surface area contributed by atoms with Crippen molar-refractivity contribution in [2.75, 3.05) is 19.7 Å². The van der Waals surface area contributed by atoms with E-state index in [0.717, 1.165) is 25.4 Å². The lowest BCUT2D eigenvalue weighted by molar-refractivity contribution is -0.0664. The topological polar surface area (TPSA) is 68.3 Å². The van der Waals surface area contributed by atoms with Crippen LogP contribution in [0.1, 0.15) is 31.5 Å². The Hall–Kier alpha value is -0.950. The molecule has 6 heteroatoms. The summed E-state index contributed by atoms with van der Waals surface area (Å²) in [5.74, 6) is 5.77. The van der Waals surface area contributed by atoms with Crippen molar-refractivity contribution >= 4 is 0 Å². The van der Waals surface area contributed by atoms with Gasteiger partial charge in [0.15, 0.2) is 0 Å². The molecule has 3 unspecified atom stereocenters. The molecule has 3 atom stereocenters. The van der Waals surface area contributed by atoms with Gasteiger partial charge in [0.25, 0.3) is 0 Å². The summed E-state index contributed by atoms with van der Waals surface area (Å²) in [4.78, 5) is 2.53. The molecule has 1 aromatic heterocycles. The highest BCUT2D eigenvalue weighted by atomic mass is 16.5. The molecule has 0 aromatic carbocycles. The Balaban J connectivity index is 1.75. The Labute approximate surface area is 113 Å². The zero-order chi connectivity index (χ0) is 13.2. The van der Waals surface area contributed by atoms with Crippen molar-refractivity contribution < 1.29 is 4.74 Å². The van der Waals surface area contributed by atoms with E-state index in [1.165, 1.54) is 19.4 Å². The van der Waals surface area contributed by atoms with E-state index in [2.05, 4.69) is 22.3 Å². The number of nitrogens with one attached hydrogen (secondary N) is 1. The fourth-order valence-corrected chi connectivity index (χ4v) is 3.30. The minimum atomic E-state index is 0.00370. The van der Waals surface area contributed by atoms with Crippen LogP contribution in [0.25, 0.3) is 0 Å². The summed E-state index contributed by atoms with van der Waals surface area (Å²) in [6, 6.07) is 2.64. The van der Waals surface area contributed by atoms with E-state index in [4.69, 9.17) is 10.6 Å². The number of nitrogens with zero attached hydrogens (tertiary/aromatic N) is 3. The number of morpholine rings is 1. The average molecular weight is 265 g/mol. The Morgan fingerprint density at radius 3 is 3.32 bits per heavy atom. The van der Waals surface area contributed by atoms with Crippen LogP contribution < -0.4 is 11.3 Å². The summed E-state index contributed by atoms with van der Waals surface area (Å²) in [5, 5.41) is 4.32. The van der Waals surface area contributed by atoms with Crippen LogP contribution in [0.5, 0.6) is 0 Å². The summed E-state index contributed by atoms with van der Waals surface area (Å²) >= 11 is 0. The molecule has 0 bridgehead atoms. The van der Waals surface area contributed by atoms with Gasteiger partial charge in [-0.3, -0.25) is 15.4 Å². The van der Waals surface area contributed by atoms with Gasteiger partial charge in [-0.15, -0.1) is 0 Å². The highest BCUT2D eigenvalue weighted by Gasteiger charge is 2.36. The van der Waals surface area contributed by atoms with Gasteiger partial charge in [-0.05, 0) is 32.4 Å². The number of hydrazine groups is 1. The van der Waals surface area contributed by atoms with Crippen LogP contribution in [0.2, 0.25) is 0 Å². The molecule has 106 valence electrons. The maximum absolute atomic E-state index is 6.04. The number of aromatic nitrogens is 2. The van der Waals surface area contributed by atoms with Gasteiger partial charge < -0.3 is 4.74 Å². The molecule has 2 saturated heterocycles. The van der Waals surface area contributed by atoms with E-state index in [9.17, 15) is 0 Å². The van der Waals surface area contributed by atoms with Gasteiger partial charge in [-0.2, -0.15) is 5.10 Å². The molecule has 19 heavy (non-hydrogen) atoms. The van der Waals surface area contributed by atoms with Gasteiger partial charge in [-0.25, -0.2) is 5.43 Å². The number of aryl methyl sites for hydroxylation is 1. The van der Waals surface area contributed by atoms with Crippen molar-refractivity contribution in [1.82, 2.24) is 20.1 Å². The van der Waals surface area contributed by atoms with Gasteiger partial charge in [0.2, 0.25) is 0 Å². The molecule has 2 aliphatic rings. The standard InChI is InChI=1S/C13H23N5O/c1-2-18-11(5-6-15-18)13(16-14)12-8-17-7-3-4-10(17)9-19-12/h5-6,10,12-13,16H,2-4,7-9,14H2,1H3. The second-order valence-electron chi connectivity index (χ2n) is 5.38. The van der Waals surface area contributed by atoms with Crippen molar-refractivity contribution in [1.29, 1.82) is 0 Å². The minimum Gasteiger partial charge on any atom is -0.373 e. The first-order chi connectivity index (χ1) is 9.33. The average Bonchev–Trinajstić information content (AvgIpc) is 3.07. The highest BCUT2D eigenvalue weighted by molar-refractivity contribution is 5.10. The van der Waals surface area contributed by atoms with Crippen LogP contribution in [-0.4, -0.2) is 46.5 Å². The molecule has 2 fully saturated rings. The van der Waals surface area contributed by atoms with E-state index < -0.39 is 0 Å². The fourth-order valence-electron chi connectivity index (χ4n) is 3.30. The van der Waals surface area contributed by atoms with Gasteiger partial charge in [-0.1, -0.05) is 0 Å². The molecule has 0 amide bonds. The molecular formula is C13H23N5O. The second-order valence-corrected chi connectivity index (χ2v) is 5.38. The maximum atomic E-state index is 6.04. The third kappa shape index (κ3) is 2.41. The molecular weight excluding hydrogens is 242 g/mol. The number of hydrogen-bond donors (Lipinski definition) is 2. The second kappa shape index (κ2) is 5.58. The SMILES string of the molecule is CCn1nccc1C(NN)C1CN2CCCC2CO1. The number of nitrogens with two attached hydrogens (primary N) is 1. The summed E-state index contributed by atoms with van der Waals surface area (Å²) in [7, 11) is 0. The van der Waals surface area contributed by atoms with Crippen LogP contribution in [0, 0.1) is 0 Å². The van der Waals surface area contributed by atoms with Crippen LogP contribution in [0.15, 0.2) is 12.3 Å². The van der Waals surface area contributed by atoms with Crippen LogP contribution in [-0.2, 0) is 11.3 Å². The summed E-state index contributed by atoms with van der Waals surface area (Å²) in [6.07, 6.45) is 4.47. The summed E-state index contributed by atoms with van der Waals surface area (Å²) in [6.45, 7) is 5.90. The van der Waals surface area contributed by atoms with Crippen molar-refractivity contribution in [3.8, 4) is 0 Å². The zero-order valence-corrected chi connectivity index (χ0v) is 11.5. The Bertz CT molecular complexity index is 421. The molecule has 0 spiro atoms. The number of rotatable bonds is 4. The lowest BCUT2D eigenvalue weighted by atomic mass is 10.0. The van der Waals surface area contributed by atoms with E-state index in [-0.39, 0.29) is 12.1 Å². The first-order valence-corrected chi connectivity index (χ1v) is 7.17. The third-order valence-corrected chi connectivity index (χ3v) is 4.34. The largest absolute Gasteiger partial charge is 0.373 e. The monoisotopic (exact) mass is 265 g/mol. The van der Waals surface area contributed by atoms with Crippen molar-refractivity contribution in [3.63, 3.8) is 0 Å². The molecule has 1 aromatic rings. The van der Waals surface area contributed by atoms with Gasteiger partial charge in [0.1, 0.15) is 0 Å². The Kier molecular flexibility index (Phi) is 3.83. The number of hydrogen-bond acceptors (Lipinski definition) is 5. The van der Waals surface area contributed by atoms with E-state index in [1.54, 1.807) is 0 Å². The molecule has 0 aliphatic carbocycles. The van der Waals surface area contributed by atoms with E-state index >= 15 is 0 Å². The fraction of sp³-hybridized carbons (Fsp3) is 0.769. The Morgan fingerprint density at radius 2 is 2.53 bits per heavy atom. The molecule has 3 N–H and O–H groups in total. The van der Waals surface area contributed by atoms with Crippen molar-refractivity contribution in [2.45, 2.75) is 44.5 Å². The summed E-state index contributed by atoms with van der Waals surface area (Å²) < 4.78 is 8.02. The number of ether oxygens (including phenoxy) is 1. The third-order valence-electron chi connectivity index (χ3n) is 4.34. The molecule has 6 nitrogen and oxygen atoms in total. The quantitative estimate of drug-likeness (QED) is 0.604. The van der Waals surface area contributed by atoms with Crippen LogP contribution >= 0.6 is 0 Å². The molecule has 3 heterocycles. The highest BCUT2D eigenvalue weighted by Crippen LogP contribution is 2.28. The predicted octanol–water partition coefficient (Wildman–Crippen LogP) is 0.271. The maximum Gasteiger partial charge on any atom is 0.0925 e. The van der Waals surface area contributed by atoms with E-state index in [1.807, 2.05) is 16.9 Å². The zero-order valence-electron chi connectivity index (χ0n) is 11.5. The lowest BCUT2D eigenvalue weighted by Gasteiger charge is -2.38. The Morgan fingerprint density at radius 1 is 1.63 bits per heavy atom. The van der Waals surface area contributed by atoms with Crippen LogP contribution in [0.4, 0.5) is 0 Å². The molecule has 3 rings (SSSR count). The van der Waals surface area contributed by atoms with Gasteiger partial charge in [0.05, 0.1) is 24.4 Å². The van der Waals surface area contributed by atoms with Crippen molar-refractivity contribution in [3.05, 3.63) is 18.0 Å². The van der Waals surface area contributed by atoms with Crippen LogP contribution in [0.3, 0.4) is 0 Å². The van der Waals surface area contributed by atoms with Gasteiger partial charge >= 0.3 is 0 Å². The first-order valence-electron chi connectivity index (χ1n) is 7.17. The molecule has 2 aliphatic heterocycles. The van der Waals surface area contributed by atoms with Crippen molar-refractivity contribution in [2.24, 2.45) is 5.84 Å². The van der Waals surface area contributed by atoms with Gasteiger partial charge in [0, 0.05) is 25.3 Å². The summed E-state index contributed by atoms with van der Waals surface area (Å²) in [5.41, 5.74) is 4.02. The predicted molar refractivity (Wildman–Crippen MR) is 72.3 cm³/mol. The number of fused-ring (bicyclic) bond motifs is 1. The first kappa shape index (κ1) is 13.1.